The van der Waals surface area contributed by atoms with Gasteiger partial charge in [0.25, 0.3) is 0 Å². The van der Waals surface area contributed by atoms with Crippen LogP contribution >= 0.6 is 0 Å². The van der Waals surface area contributed by atoms with Crippen molar-refractivity contribution in [2.24, 2.45) is 0 Å². The fourth-order valence-corrected chi connectivity index (χ4v) is 3.35. The molecule has 0 heterocycles. The lowest BCUT2D eigenvalue weighted by molar-refractivity contribution is -0.144. The minimum Gasteiger partial charge on any atom is -0.490 e. The first-order valence-corrected chi connectivity index (χ1v) is 10.4. The summed E-state index contributed by atoms with van der Waals surface area (Å²) < 4.78 is 49.9. The standard InChI is InChI=1S/C20H24FNO5S/c1-15(2)16-3-9-19(10-4-16)28(24,25)22-12-11-20(23)27-14-13-26-18-7-5-17(21)6-8-18/h3-10,15,22H,11-14H2,1-2H3. The molecule has 0 aliphatic rings. The fourth-order valence-electron chi connectivity index (χ4n) is 2.32. The molecule has 0 atom stereocenters. The van der Waals surface area contributed by atoms with E-state index in [1.807, 2.05) is 13.8 Å². The molecule has 0 unspecified atom stereocenters. The van der Waals surface area contributed by atoms with Gasteiger partial charge in [0.2, 0.25) is 10.0 Å². The molecule has 28 heavy (non-hydrogen) atoms. The molecule has 0 bridgehead atoms. The molecule has 2 aromatic carbocycles. The molecule has 6 nitrogen and oxygen atoms in total. The second-order valence-corrected chi connectivity index (χ2v) is 8.16. The Bertz CT molecular complexity index is 864. The summed E-state index contributed by atoms with van der Waals surface area (Å²) in [4.78, 5) is 11.8. The molecule has 0 aliphatic carbocycles. The minimum absolute atomic E-state index is 0.0135. The van der Waals surface area contributed by atoms with E-state index >= 15 is 0 Å². The molecule has 0 amide bonds. The van der Waals surface area contributed by atoms with Gasteiger partial charge in [-0.2, -0.15) is 0 Å². The van der Waals surface area contributed by atoms with Crippen molar-refractivity contribution in [1.29, 1.82) is 0 Å². The second-order valence-electron chi connectivity index (χ2n) is 6.39. The molecule has 2 aromatic rings. The third-order valence-electron chi connectivity index (χ3n) is 3.91. The van der Waals surface area contributed by atoms with Gasteiger partial charge in [0, 0.05) is 6.54 Å². The number of esters is 1. The van der Waals surface area contributed by atoms with Gasteiger partial charge < -0.3 is 9.47 Å². The lowest BCUT2D eigenvalue weighted by atomic mass is 10.0. The number of hydrogen-bond donors (Lipinski definition) is 1. The Balaban J connectivity index is 1.68. The number of ether oxygens (including phenoxy) is 2. The Morgan fingerprint density at radius 2 is 1.68 bits per heavy atom. The molecular weight excluding hydrogens is 385 g/mol. The normalized spacial score (nSPS) is 11.4. The number of hydrogen-bond acceptors (Lipinski definition) is 5. The van der Waals surface area contributed by atoms with Gasteiger partial charge in [0.05, 0.1) is 11.3 Å². The van der Waals surface area contributed by atoms with Crippen LogP contribution in [0.5, 0.6) is 5.75 Å². The lowest BCUT2D eigenvalue weighted by Crippen LogP contribution is -2.27. The quantitative estimate of drug-likeness (QED) is 0.481. The Morgan fingerprint density at radius 1 is 1.04 bits per heavy atom. The topological polar surface area (TPSA) is 81.7 Å². The number of benzene rings is 2. The van der Waals surface area contributed by atoms with Gasteiger partial charge in [0.15, 0.2) is 0 Å². The highest BCUT2D eigenvalue weighted by Gasteiger charge is 2.15. The summed E-state index contributed by atoms with van der Waals surface area (Å²) in [6.07, 6.45) is -0.0974. The summed E-state index contributed by atoms with van der Waals surface area (Å²) in [7, 11) is -3.68. The Kier molecular flexibility index (Phi) is 7.95. The molecule has 2 rings (SSSR count). The van der Waals surface area contributed by atoms with Crippen molar-refractivity contribution in [1.82, 2.24) is 4.72 Å². The smallest absolute Gasteiger partial charge is 0.307 e. The highest BCUT2D eigenvalue weighted by Crippen LogP contribution is 2.17. The van der Waals surface area contributed by atoms with Crippen LogP contribution < -0.4 is 9.46 Å². The molecule has 0 saturated carbocycles. The van der Waals surface area contributed by atoms with Crippen LogP contribution in [0.25, 0.3) is 0 Å². The SMILES string of the molecule is CC(C)c1ccc(S(=O)(=O)NCCC(=O)OCCOc2ccc(F)cc2)cc1. The molecule has 0 saturated heterocycles. The Hall–Kier alpha value is -2.45. The summed E-state index contributed by atoms with van der Waals surface area (Å²) >= 11 is 0. The van der Waals surface area contributed by atoms with Crippen molar-refractivity contribution >= 4 is 16.0 Å². The van der Waals surface area contributed by atoms with Crippen molar-refractivity contribution in [3.63, 3.8) is 0 Å². The zero-order valence-corrected chi connectivity index (χ0v) is 16.7. The van der Waals surface area contributed by atoms with Crippen molar-refractivity contribution in [2.45, 2.75) is 31.1 Å². The van der Waals surface area contributed by atoms with E-state index in [0.29, 0.717) is 11.7 Å². The van der Waals surface area contributed by atoms with Gasteiger partial charge in [-0.1, -0.05) is 26.0 Å². The van der Waals surface area contributed by atoms with Crippen molar-refractivity contribution in [3.8, 4) is 5.75 Å². The number of nitrogens with one attached hydrogen (secondary N) is 1. The third kappa shape index (κ3) is 6.94. The van der Waals surface area contributed by atoms with Gasteiger partial charge in [-0.3, -0.25) is 4.79 Å². The number of carbonyl (C=O) groups excluding carboxylic acids is 1. The number of carbonyl (C=O) groups is 1. The Labute approximate surface area is 164 Å². The summed E-state index contributed by atoms with van der Waals surface area (Å²) in [6, 6.07) is 12.1. The lowest BCUT2D eigenvalue weighted by Gasteiger charge is -2.10. The van der Waals surface area contributed by atoms with E-state index in [1.165, 1.54) is 24.3 Å². The summed E-state index contributed by atoms with van der Waals surface area (Å²) in [5.74, 6) is -0.127. The van der Waals surface area contributed by atoms with Crippen LogP contribution in [0.1, 0.15) is 31.7 Å². The van der Waals surface area contributed by atoms with E-state index in [2.05, 4.69) is 4.72 Å². The summed E-state index contributed by atoms with van der Waals surface area (Å²) in [5.41, 5.74) is 1.05. The van der Waals surface area contributed by atoms with Crippen LogP contribution in [-0.2, 0) is 19.6 Å². The van der Waals surface area contributed by atoms with Gasteiger partial charge in [-0.25, -0.2) is 17.5 Å². The predicted octanol–water partition coefficient (Wildman–Crippen LogP) is 3.24. The van der Waals surface area contributed by atoms with Gasteiger partial charge >= 0.3 is 5.97 Å². The summed E-state index contributed by atoms with van der Waals surface area (Å²) in [6.45, 7) is 4.12. The maximum atomic E-state index is 12.8. The van der Waals surface area contributed by atoms with Crippen LogP contribution in [0.3, 0.4) is 0 Å². The minimum atomic E-state index is -3.68. The van der Waals surface area contributed by atoms with Crippen molar-refractivity contribution < 1.29 is 27.1 Å². The highest BCUT2D eigenvalue weighted by atomic mass is 32.2. The first kappa shape index (κ1) is 21.8. The number of sulfonamides is 1. The van der Waals surface area contributed by atoms with Crippen LogP contribution in [0.4, 0.5) is 4.39 Å². The van der Waals surface area contributed by atoms with Crippen molar-refractivity contribution in [2.75, 3.05) is 19.8 Å². The molecule has 0 aliphatic heterocycles. The zero-order valence-electron chi connectivity index (χ0n) is 15.9. The summed E-state index contributed by atoms with van der Waals surface area (Å²) in [5, 5.41) is 0. The molecule has 0 spiro atoms. The Morgan fingerprint density at radius 3 is 2.29 bits per heavy atom. The number of rotatable bonds is 10. The maximum Gasteiger partial charge on any atom is 0.307 e. The van der Waals surface area contributed by atoms with Gasteiger partial charge in [-0.15, -0.1) is 0 Å². The first-order chi connectivity index (χ1) is 13.3. The third-order valence-corrected chi connectivity index (χ3v) is 5.38. The largest absolute Gasteiger partial charge is 0.490 e. The molecule has 8 heteroatoms. The molecular formula is C20H24FNO5S. The maximum absolute atomic E-state index is 12.8. The van der Waals surface area contributed by atoms with E-state index < -0.39 is 16.0 Å². The van der Waals surface area contributed by atoms with Gasteiger partial charge in [-0.05, 0) is 47.9 Å². The predicted molar refractivity (Wildman–Crippen MR) is 103 cm³/mol. The molecule has 0 aromatic heterocycles. The monoisotopic (exact) mass is 409 g/mol. The van der Waals surface area contributed by atoms with Crippen LogP contribution in [0.15, 0.2) is 53.4 Å². The van der Waals surface area contributed by atoms with Crippen LogP contribution in [-0.4, -0.2) is 34.1 Å². The van der Waals surface area contributed by atoms with Gasteiger partial charge in [0.1, 0.15) is 24.8 Å². The van der Waals surface area contributed by atoms with E-state index in [1.54, 1.807) is 24.3 Å². The number of halogens is 1. The molecule has 0 fully saturated rings. The molecule has 1 N–H and O–H groups in total. The zero-order chi connectivity index (χ0) is 20.6. The molecule has 0 radical (unpaired) electrons. The van der Waals surface area contributed by atoms with Crippen molar-refractivity contribution in [3.05, 3.63) is 59.9 Å². The van der Waals surface area contributed by atoms with E-state index in [4.69, 9.17) is 9.47 Å². The molecule has 152 valence electrons. The first-order valence-electron chi connectivity index (χ1n) is 8.91. The van der Waals surface area contributed by atoms with E-state index in [-0.39, 0.29) is 36.9 Å². The average molecular weight is 409 g/mol. The average Bonchev–Trinajstić information content (AvgIpc) is 2.66. The van der Waals surface area contributed by atoms with Crippen LogP contribution in [0.2, 0.25) is 0 Å². The fraction of sp³-hybridized carbons (Fsp3) is 0.350. The van der Waals surface area contributed by atoms with E-state index in [0.717, 1.165) is 5.56 Å². The highest BCUT2D eigenvalue weighted by molar-refractivity contribution is 7.89. The van der Waals surface area contributed by atoms with E-state index in [9.17, 15) is 17.6 Å². The second kappa shape index (κ2) is 10.2. The van der Waals surface area contributed by atoms with Crippen LogP contribution in [0, 0.1) is 5.82 Å².